The van der Waals surface area contributed by atoms with Gasteiger partial charge in [0.2, 0.25) is 5.88 Å². The highest BCUT2D eigenvalue weighted by Gasteiger charge is 2.05. The molecule has 0 aromatic carbocycles. The Morgan fingerprint density at radius 3 is 2.93 bits per heavy atom. The van der Waals surface area contributed by atoms with E-state index in [1.54, 1.807) is 0 Å². The van der Waals surface area contributed by atoms with Gasteiger partial charge >= 0.3 is 0 Å². The van der Waals surface area contributed by atoms with Crippen LogP contribution >= 0.6 is 0 Å². The van der Waals surface area contributed by atoms with E-state index in [9.17, 15) is 8.78 Å². The van der Waals surface area contributed by atoms with Crippen LogP contribution in [0, 0.1) is 5.41 Å². The number of pyridine rings is 1. The Hall–Kier alpha value is -1.72. The molecule has 0 aliphatic rings. The second kappa shape index (κ2) is 4.50. The summed E-state index contributed by atoms with van der Waals surface area (Å²) in [6.07, 6.45) is -1.20. The van der Waals surface area contributed by atoms with Crippen LogP contribution < -0.4 is 10.5 Å². The molecule has 3 N–H and O–H groups in total. The Morgan fingerprint density at radius 2 is 2.36 bits per heavy atom. The van der Waals surface area contributed by atoms with E-state index in [0.29, 0.717) is 5.56 Å². The molecule has 0 amide bonds. The maximum atomic E-state index is 11.8. The van der Waals surface area contributed by atoms with Crippen molar-refractivity contribution in [3.63, 3.8) is 0 Å². The molecule has 1 heterocycles. The Morgan fingerprint density at radius 1 is 1.64 bits per heavy atom. The molecule has 0 radical (unpaired) electrons. The Bertz CT molecular complexity index is 330. The van der Waals surface area contributed by atoms with Crippen molar-refractivity contribution in [2.75, 3.05) is 6.61 Å². The highest BCUT2D eigenvalue weighted by Crippen LogP contribution is 2.09. The molecule has 0 aliphatic heterocycles. The predicted molar refractivity (Wildman–Crippen MR) is 46.8 cm³/mol. The summed E-state index contributed by atoms with van der Waals surface area (Å²) in [6.45, 7) is -0.714. The van der Waals surface area contributed by atoms with Gasteiger partial charge in [-0.3, -0.25) is 5.41 Å². The van der Waals surface area contributed by atoms with E-state index >= 15 is 0 Å². The molecule has 0 saturated carbocycles. The van der Waals surface area contributed by atoms with Gasteiger partial charge in [0.25, 0.3) is 6.43 Å². The van der Waals surface area contributed by atoms with Crippen LogP contribution in [0.25, 0.3) is 0 Å². The lowest BCUT2D eigenvalue weighted by Gasteiger charge is -2.05. The van der Waals surface area contributed by atoms with Crippen LogP contribution in [0.5, 0.6) is 5.88 Å². The van der Waals surface area contributed by atoms with E-state index in [0.717, 1.165) is 0 Å². The third-order valence-electron chi connectivity index (χ3n) is 1.40. The summed E-state index contributed by atoms with van der Waals surface area (Å²) >= 11 is 0. The summed E-state index contributed by atoms with van der Waals surface area (Å²) in [5, 5.41) is 7.10. The highest BCUT2D eigenvalue weighted by molar-refractivity contribution is 5.95. The fourth-order valence-electron chi connectivity index (χ4n) is 0.804. The van der Waals surface area contributed by atoms with Crippen LogP contribution in [-0.4, -0.2) is 23.9 Å². The molecule has 0 aliphatic carbocycles. The van der Waals surface area contributed by atoms with Crippen molar-refractivity contribution < 1.29 is 13.5 Å². The summed E-state index contributed by atoms with van der Waals surface area (Å²) in [4.78, 5) is 3.69. The Balaban J connectivity index is 2.69. The predicted octanol–water partition coefficient (Wildman–Crippen LogP) is 1.01. The first kappa shape index (κ1) is 10.4. The quantitative estimate of drug-likeness (QED) is 0.564. The van der Waals surface area contributed by atoms with Gasteiger partial charge < -0.3 is 10.5 Å². The molecule has 1 aromatic rings. The number of nitrogens with one attached hydrogen (secondary N) is 1. The van der Waals surface area contributed by atoms with E-state index < -0.39 is 13.0 Å². The van der Waals surface area contributed by atoms with E-state index in [1.165, 1.54) is 18.3 Å². The first-order chi connectivity index (χ1) is 6.59. The third kappa shape index (κ3) is 2.96. The van der Waals surface area contributed by atoms with Crippen LogP contribution in [0.3, 0.4) is 0 Å². The monoisotopic (exact) mass is 201 g/mol. The molecule has 0 unspecified atom stereocenters. The average molecular weight is 201 g/mol. The molecule has 14 heavy (non-hydrogen) atoms. The van der Waals surface area contributed by atoms with Crippen molar-refractivity contribution >= 4 is 5.84 Å². The molecule has 1 rings (SSSR count). The normalized spacial score (nSPS) is 10.2. The van der Waals surface area contributed by atoms with Gasteiger partial charge in [-0.25, -0.2) is 13.8 Å². The smallest absolute Gasteiger partial charge is 0.272 e. The lowest BCUT2D eigenvalue weighted by atomic mass is 10.2. The van der Waals surface area contributed by atoms with Crippen LogP contribution in [0.2, 0.25) is 0 Å². The summed E-state index contributed by atoms with van der Waals surface area (Å²) in [5.41, 5.74) is 5.58. The van der Waals surface area contributed by atoms with Crippen molar-refractivity contribution in [3.8, 4) is 5.88 Å². The number of ether oxygens (including phenoxy) is 1. The third-order valence-corrected chi connectivity index (χ3v) is 1.40. The standard InChI is InChI=1S/C8H9F2N3O/c9-6(10)4-14-7-3-5(8(11)12)1-2-13-7/h1-3,6H,4H2,(H3,11,12). The van der Waals surface area contributed by atoms with Crippen LogP contribution in [0.4, 0.5) is 8.78 Å². The van der Waals surface area contributed by atoms with Gasteiger partial charge in [-0.2, -0.15) is 0 Å². The van der Waals surface area contributed by atoms with E-state index in [-0.39, 0.29) is 11.7 Å². The number of nitrogens with two attached hydrogens (primary N) is 1. The minimum absolute atomic E-state index is 0.0398. The topological polar surface area (TPSA) is 72.0 Å². The number of alkyl halides is 2. The van der Waals surface area contributed by atoms with Gasteiger partial charge in [-0.05, 0) is 6.07 Å². The SMILES string of the molecule is N=C(N)c1ccnc(OCC(F)F)c1. The second-order valence-corrected chi connectivity index (χ2v) is 2.50. The minimum Gasteiger partial charge on any atom is -0.472 e. The molecular formula is C8H9F2N3O. The van der Waals surface area contributed by atoms with Crippen molar-refractivity contribution in [1.29, 1.82) is 5.41 Å². The fourth-order valence-corrected chi connectivity index (χ4v) is 0.804. The number of rotatable bonds is 4. The summed E-state index contributed by atoms with van der Waals surface area (Å²) in [7, 11) is 0. The molecule has 6 heteroatoms. The molecule has 4 nitrogen and oxygen atoms in total. The molecule has 0 spiro atoms. The average Bonchev–Trinajstić information content (AvgIpc) is 2.15. The first-order valence-electron chi connectivity index (χ1n) is 3.81. The molecule has 76 valence electrons. The minimum atomic E-state index is -2.54. The van der Waals surface area contributed by atoms with Crippen LogP contribution in [0.15, 0.2) is 18.3 Å². The fraction of sp³-hybridized carbons (Fsp3) is 0.250. The molecule has 0 saturated heterocycles. The number of nitrogen functional groups attached to an aromatic ring is 1. The maximum absolute atomic E-state index is 11.8. The van der Waals surface area contributed by atoms with Gasteiger partial charge in [-0.1, -0.05) is 0 Å². The number of halogens is 2. The van der Waals surface area contributed by atoms with Gasteiger partial charge in [0.15, 0.2) is 6.61 Å². The number of amidine groups is 1. The van der Waals surface area contributed by atoms with Gasteiger partial charge in [0.1, 0.15) is 5.84 Å². The van der Waals surface area contributed by atoms with Gasteiger partial charge in [-0.15, -0.1) is 0 Å². The first-order valence-corrected chi connectivity index (χ1v) is 3.81. The Kier molecular flexibility index (Phi) is 3.33. The number of nitrogens with zero attached hydrogens (tertiary/aromatic N) is 1. The zero-order valence-electron chi connectivity index (χ0n) is 7.21. The van der Waals surface area contributed by atoms with Crippen molar-refractivity contribution in [1.82, 2.24) is 4.98 Å². The Labute approximate surface area is 79.2 Å². The van der Waals surface area contributed by atoms with Crippen LogP contribution in [-0.2, 0) is 0 Å². The molecule has 0 fully saturated rings. The number of hydrogen-bond acceptors (Lipinski definition) is 3. The van der Waals surface area contributed by atoms with Crippen molar-refractivity contribution in [3.05, 3.63) is 23.9 Å². The second-order valence-electron chi connectivity index (χ2n) is 2.50. The molecular weight excluding hydrogens is 192 g/mol. The van der Waals surface area contributed by atoms with E-state index in [2.05, 4.69) is 9.72 Å². The lowest BCUT2D eigenvalue weighted by molar-refractivity contribution is 0.0796. The zero-order chi connectivity index (χ0) is 10.6. The summed E-state index contributed by atoms with van der Waals surface area (Å²) in [6, 6.07) is 2.84. The van der Waals surface area contributed by atoms with Gasteiger partial charge in [0, 0.05) is 17.8 Å². The van der Waals surface area contributed by atoms with E-state index in [1.807, 2.05) is 0 Å². The largest absolute Gasteiger partial charge is 0.472 e. The number of hydrogen-bond donors (Lipinski definition) is 2. The zero-order valence-corrected chi connectivity index (χ0v) is 7.21. The molecule has 0 bridgehead atoms. The van der Waals surface area contributed by atoms with Crippen molar-refractivity contribution in [2.45, 2.75) is 6.43 Å². The van der Waals surface area contributed by atoms with E-state index in [4.69, 9.17) is 11.1 Å². The highest BCUT2D eigenvalue weighted by atomic mass is 19.3. The lowest BCUT2D eigenvalue weighted by Crippen LogP contribution is -2.12. The summed E-state index contributed by atoms with van der Waals surface area (Å²) < 4.78 is 28.2. The van der Waals surface area contributed by atoms with Crippen molar-refractivity contribution in [2.24, 2.45) is 5.73 Å². The van der Waals surface area contributed by atoms with Crippen LogP contribution in [0.1, 0.15) is 5.56 Å². The molecule has 1 aromatic heterocycles. The van der Waals surface area contributed by atoms with Gasteiger partial charge in [0.05, 0.1) is 0 Å². The molecule has 0 atom stereocenters. The maximum Gasteiger partial charge on any atom is 0.272 e. The summed E-state index contributed by atoms with van der Waals surface area (Å²) in [5.74, 6) is -0.118. The number of aromatic nitrogens is 1.